The van der Waals surface area contributed by atoms with Crippen LogP contribution in [0.1, 0.15) is 37.3 Å². The lowest BCUT2D eigenvalue weighted by Gasteiger charge is -2.26. The van der Waals surface area contributed by atoms with Gasteiger partial charge in [-0.25, -0.2) is 4.79 Å². The van der Waals surface area contributed by atoms with Crippen LogP contribution in [0.5, 0.6) is 0 Å². The van der Waals surface area contributed by atoms with E-state index in [2.05, 4.69) is 10.2 Å². The van der Waals surface area contributed by atoms with E-state index in [1.165, 1.54) is 25.7 Å². The number of hydrogen-bond donors (Lipinski definition) is 2. The fourth-order valence-electron chi connectivity index (χ4n) is 2.65. The van der Waals surface area contributed by atoms with Crippen molar-refractivity contribution in [1.29, 1.82) is 0 Å². The van der Waals surface area contributed by atoms with Crippen molar-refractivity contribution in [2.75, 3.05) is 19.6 Å². The summed E-state index contributed by atoms with van der Waals surface area (Å²) in [6.45, 7) is 2.91. The van der Waals surface area contributed by atoms with Crippen LogP contribution in [0.15, 0.2) is 30.3 Å². The Bertz CT molecular complexity index is 386. The molecule has 19 heavy (non-hydrogen) atoms. The van der Waals surface area contributed by atoms with Gasteiger partial charge in [-0.05, 0) is 31.5 Å². The smallest absolute Gasteiger partial charge is 0.405 e. The van der Waals surface area contributed by atoms with E-state index in [9.17, 15) is 4.79 Å². The molecular weight excluding hydrogens is 240 g/mol. The number of carbonyl (C=O) groups is 1. The SMILES string of the molecule is O=C(O)NC(CN1CCCCCC1)c1ccccc1. The minimum Gasteiger partial charge on any atom is -0.465 e. The first-order valence-corrected chi connectivity index (χ1v) is 7.02. The molecule has 1 fully saturated rings. The van der Waals surface area contributed by atoms with E-state index >= 15 is 0 Å². The molecule has 0 saturated carbocycles. The second kappa shape index (κ2) is 7.14. The lowest BCUT2D eigenvalue weighted by molar-refractivity contribution is 0.181. The molecule has 0 aliphatic carbocycles. The molecule has 2 N–H and O–H groups in total. The van der Waals surface area contributed by atoms with E-state index in [-0.39, 0.29) is 6.04 Å². The van der Waals surface area contributed by atoms with Gasteiger partial charge in [-0.1, -0.05) is 43.2 Å². The van der Waals surface area contributed by atoms with Gasteiger partial charge in [-0.15, -0.1) is 0 Å². The number of nitrogens with zero attached hydrogens (tertiary/aromatic N) is 1. The van der Waals surface area contributed by atoms with Crippen molar-refractivity contribution in [3.05, 3.63) is 35.9 Å². The van der Waals surface area contributed by atoms with Gasteiger partial charge in [-0.3, -0.25) is 0 Å². The van der Waals surface area contributed by atoms with Gasteiger partial charge in [0.25, 0.3) is 0 Å². The molecule has 0 bridgehead atoms. The molecule has 1 unspecified atom stereocenters. The molecule has 2 rings (SSSR count). The summed E-state index contributed by atoms with van der Waals surface area (Å²) in [5.41, 5.74) is 1.04. The van der Waals surface area contributed by atoms with E-state index in [0.717, 1.165) is 25.2 Å². The fourth-order valence-corrected chi connectivity index (χ4v) is 2.65. The number of carboxylic acid groups (broad SMARTS) is 1. The van der Waals surface area contributed by atoms with E-state index in [1.54, 1.807) is 0 Å². The van der Waals surface area contributed by atoms with Gasteiger partial charge in [0.1, 0.15) is 0 Å². The van der Waals surface area contributed by atoms with Crippen LogP contribution in [0.2, 0.25) is 0 Å². The lowest BCUT2D eigenvalue weighted by atomic mass is 10.1. The minimum atomic E-state index is -0.955. The molecule has 1 amide bonds. The van der Waals surface area contributed by atoms with Crippen molar-refractivity contribution in [3.8, 4) is 0 Å². The number of amides is 1. The summed E-state index contributed by atoms with van der Waals surface area (Å²) in [5, 5.41) is 11.6. The largest absolute Gasteiger partial charge is 0.465 e. The quantitative estimate of drug-likeness (QED) is 0.877. The predicted octanol–water partition coefficient (Wildman–Crippen LogP) is 2.87. The van der Waals surface area contributed by atoms with Crippen molar-refractivity contribution >= 4 is 6.09 Å². The fraction of sp³-hybridized carbons (Fsp3) is 0.533. The lowest BCUT2D eigenvalue weighted by Crippen LogP contribution is -2.37. The second-order valence-electron chi connectivity index (χ2n) is 5.13. The Morgan fingerprint density at radius 3 is 2.37 bits per heavy atom. The second-order valence-corrected chi connectivity index (χ2v) is 5.13. The average Bonchev–Trinajstić information content (AvgIpc) is 2.67. The zero-order valence-electron chi connectivity index (χ0n) is 11.2. The Morgan fingerprint density at radius 1 is 1.16 bits per heavy atom. The number of nitrogens with one attached hydrogen (secondary N) is 1. The standard InChI is InChI=1S/C15H22N2O2/c18-15(19)16-14(13-8-4-3-5-9-13)12-17-10-6-1-2-7-11-17/h3-5,8-9,14,16H,1-2,6-7,10-12H2,(H,18,19). The highest BCUT2D eigenvalue weighted by molar-refractivity contribution is 5.65. The van der Waals surface area contributed by atoms with E-state index in [4.69, 9.17) is 5.11 Å². The van der Waals surface area contributed by atoms with Crippen LogP contribution in [-0.4, -0.2) is 35.7 Å². The summed E-state index contributed by atoms with van der Waals surface area (Å²) in [6.07, 6.45) is 4.06. The predicted molar refractivity (Wildman–Crippen MR) is 75.3 cm³/mol. The first-order chi connectivity index (χ1) is 9.25. The molecule has 0 radical (unpaired) electrons. The summed E-state index contributed by atoms with van der Waals surface area (Å²) in [6, 6.07) is 9.68. The molecule has 4 nitrogen and oxygen atoms in total. The molecule has 0 spiro atoms. The Morgan fingerprint density at radius 2 is 1.79 bits per heavy atom. The number of likely N-dealkylation sites (tertiary alicyclic amines) is 1. The van der Waals surface area contributed by atoms with E-state index in [0.29, 0.717) is 0 Å². The van der Waals surface area contributed by atoms with Crippen molar-refractivity contribution < 1.29 is 9.90 Å². The monoisotopic (exact) mass is 262 g/mol. The first-order valence-electron chi connectivity index (χ1n) is 7.02. The third-order valence-corrected chi connectivity index (χ3v) is 3.64. The zero-order chi connectivity index (χ0) is 13.5. The van der Waals surface area contributed by atoms with Crippen LogP contribution >= 0.6 is 0 Å². The van der Waals surface area contributed by atoms with Gasteiger partial charge in [0, 0.05) is 6.54 Å². The third-order valence-electron chi connectivity index (χ3n) is 3.64. The Kier molecular flexibility index (Phi) is 5.21. The summed E-state index contributed by atoms with van der Waals surface area (Å²) in [5.74, 6) is 0. The first kappa shape index (κ1) is 13.9. The van der Waals surface area contributed by atoms with Crippen molar-refractivity contribution in [2.24, 2.45) is 0 Å². The topological polar surface area (TPSA) is 52.6 Å². The van der Waals surface area contributed by atoms with Gasteiger partial charge in [0.05, 0.1) is 6.04 Å². The van der Waals surface area contributed by atoms with Crippen LogP contribution in [-0.2, 0) is 0 Å². The van der Waals surface area contributed by atoms with Crippen molar-refractivity contribution in [2.45, 2.75) is 31.7 Å². The molecule has 4 heteroatoms. The minimum absolute atomic E-state index is 0.142. The van der Waals surface area contributed by atoms with E-state index < -0.39 is 6.09 Å². The molecule has 104 valence electrons. The normalized spacial score (nSPS) is 18.5. The van der Waals surface area contributed by atoms with Crippen LogP contribution in [0.4, 0.5) is 4.79 Å². The van der Waals surface area contributed by atoms with Gasteiger partial charge >= 0.3 is 6.09 Å². The highest BCUT2D eigenvalue weighted by atomic mass is 16.4. The van der Waals surface area contributed by atoms with Crippen LogP contribution in [0.3, 0.4) is 0 Å². The third kappa shape index (κ3) is 4.56. The maximum atomic E-state index is 11.0. The van der Waals surface area contributed by atoms with Gasteiger partial charge in [-0.2, -0.15) is 0 Å². The molecule has 1 aliphatic rings. The maximum Gasteiger partial charge on any atom is 0.405 e. The van der Waals surface area contributed by atoms with Gasteiger partial charge in [0.2, 0.25) is 0 Å². The molecule has 1 aromatic carbocycles. The van der Waals surface area contributed by atoms with Crippen molar-refractivity contribution in [1.82, 2.24) is 10.2 Å². The van der Waals surface area contributed by atoms with Gasteiger partial charge < -0.3 is 15.3 Å². The molecule has 1 heterocycles. The number of hydrogen-bond acceptors (Lipinski definition) is 2. The van der Waals surface area contributed by atoms with Crippen molar-refractivity contribution in [3.63, 3.8) is 0 Å². The van der Waals surface area contributed by atoms with Gasteiger partial charge in [0.15, 0.2) is 0 Å². The molecule has 1 aromatic rings. The summed E-state index contributed by atoms with van der Waals surface area (Å²) >= 11 is 0. The molecule has 1 atom stereocenters. The summed E-state index contributed by atoms with van der Waals surface area (Å²) in [7, 11) is 0. The highest BCUT2D eigenvalue weighted by Crippen LogP contribution is 2.17. The maximum absolute atomic E-state index is 11.0. The van der Waals surface area contributed by atoms with E-state index in [1.807, 2.05) is 30.3 Å². The molecular formula is C15H22N2O2. The highest BCUT2D eigenvalue weighted by Gasteiger charge is 2.18. The Labute approximate surface area is 114 Å². The Hall–Kier alpha value is -1.55. The zero-order valence-corrected chi connectivity index (χ0v) is 11.2. The number of benzene rings is 1. The van der Waals surface area contributed by atoms with Crippen LogP contribution in [0.25, 0.3) is 0 Å². The summed E-state index contributed by atoms with van der Waals surface area (Å²) < 4.78 is 0. The number of rotatable bonds is 4. The van der Waals surface area contributed by atoms with Crippen LogP contribution < -0.4 is 5.32 Å². The average molecular weight is 262 g/mol. The Balaban J connectivity index is 2.02. The molecule has 1 saturated heterocycles. The molecule has 0 aromatic heterocycles. The van der Waals surface area contributed by atoms with Crippen LogP contribution in [0, 0.1) is 0 Å². The summed E-state index contributed by atoms with van der Waals surface area (Å²) in [4.78, 5) is 13.3. The molecule has 1 aliphatic heterocycles.